The van der Waals surface area contributed by atoms with Crippen LogP contribution >= 0.6 is 22.9 Å². The third-order valence-corrected chi connectivity index (χ3v) is 4.11. The van der Waals surface area contributed by atoms with Crippen LogP contribution in [-0.2, 0) is 11.2 Å². The van der Waals surface area contributed by atoms with Crippen molar-refractivity contribution in [2.45, 2.75) is 32.5 Å². The molecule has 0 saturated carbocycles. The van der Waals surface area contributed by atoms with E-state index in [1.54, 1.807) is 0 Å². The zero-order valence-electron chi connectivity index (χ0n) is 8.41. The van der Waals surface area contributed by atoms with Gasteiger partial charge in [0.2, 0.25) is 0 Å². The highest BCUT2D eigenvalue weighted by molar-refractivity contribution is 7.16. The second-order valence-electron chi connectivity index (χ2n) is 3.69. The highest BCUT2D eigenvalue weighted by atomic mass is 35.5. The molecule has 1 aliphatic rings. The van der Waals surface area contributed by atoms with Crippen LogP contribution in [0, 0.1) is 0 Å². The van der Waals surface area contributed by atoms with Gasteiger partial charge in [0, 0.05) is 11.3 Å². The van der Waals surface area contributed by atoms with Crippen LogP contribution in [0.5, 0.6) is 0 Å². The van der Waals surface area contributed by atoms with Crippen LogP contribution in [0.1, 0.15) is 40.8 Å². The Labute approximate surface area is 96.6 Å². The molecular formula is C10H11ClO3S. The number of ether oxygens (including phenoxy) is 1. The Balaban J connectivity index is 2.56. The molecule has 0 radical (unpaired) electrons. The Bertz CT molecular complexity index is 413. The minimum absolute atomic E-state index is 0.0521. The maximum Gasteiger partial charge on any atom is 0.338 e. The molecule has 0 saturated heterocycles. The SMILES string of the molecule is CC1Cc2c(sc(Cl)c2C(=O)O)C(C)O1. The summed E-state index contributed by atoms with van der Waals surface area (Å²) in [5.74, 6) is -0.946. The lowest BCUT2D eigenvalue weighted by molar-refractivity contribution is -0.00239. The van der Waals surface area contributed by atoms with Crippen LogP contribution in [0.4, 0.5) is 0 Å². The number of hydrogen-bond acceptors (Lipinski definition) is 3. The second-order valence-corrected chi connectivity index (χ2v) is 5.35. The van der Waals surface area contributed by atoms with Gasteiger partial charge in [-0.25, -0.2) is 4.79 Å². The summed E-state index contributed by atoms with van der Waals surface area (Å²) in [6.45, 7) is 3.86. The Morgan fingerprint density at radius 2 is 2.27 bits per heavy atom. The summed E-state index contributed by atoms with van der Waals surface area (Å²) in [7, 11) is 0. The van der Waals surface area contributed by atoms with Gasteiger partial charge in [0.05, 0.1) is 17.8 Å². The second kappa shape index (κ2) is 3.77. The van der Waals surface area contributed by atoms with Crippen LogP contribution in [0.3, 0.4) is 0 Å². The summed E-state index contributed by atoms with van der Waals surface area (Å²) < 4.78 is 5.98. The van der Waals surface area contributed by atoms with Crippen molar-refractivity contribution in [3.63, 3.8) is 0 Å². The Morgan fingerprint density at radius 3 is 2.87 bits per heavy atom. The predicted molar refractivity (Wildman–Crippen MR) is 59.0 cm³/mol. The van der Waals surface area contributed by atoms with Gasteiger partial charge in [0.1, 0.15) is 4.34 Å². The molecule has 0 fully saturated rings. The van der Waals surface area contributed by atoms with Gasteiger partial charge in [-0.3, -0.25) is 0 Å². The lowest BCUT2D eigenvalue weighted by Gasteiger charge is -2.25. The molecule has 0 bridgehead atoms. The minimum atomic E-state index is -0.946. The van der Waals surface area contributed by atoms with E-state index < -0.39 is 5.97 Å². The van der Waals surface area contributed by atoms with Gasteiger partial charge in [-0.05, 0) is 19.4 Å². The van der Waals surface area contributed by atoms with Crippen molar-refractivity contribution >= 4 is 28.9 Å². The van der Waals surface area contributed by atoms with Gasteiger partial charge in [-0.2, -0.15) is 0 Å². The minimum Gasteiger partial charge on any atom is -0.478 e. The summed E-state index contributed by atoms with van der Waals surface area (Å²) in [4.78, 5) is 12.0. The lowest BCUT2D eigenvalue weighted by Crippen LogP contribution is -2.22. The van der Waals surface area contributed by atoms with Crippen molar-refractivity contribution in [2.75, 3.05) is 0 Å². The predicted octanol–water partition coefficient (Wildman–Crippen LogP) is 3.12. The molecule has 1 aromatic heterocycles. The smallest absolute Gasteiger partial charge is 0.338 e. The number of carboxylic acids is 1. The van der Waals surface area contributed by atoms with E-state index in [0.29, 0.717) is 10.8 Å². The monoisotopic (exact) mass is 246 g/mol. The number of halogens is 1. The molecule has 0 aromatic carbocycles. The van der Waals surface area contributed by atoms with E-state index >= 15 is 0 Å². The Morgan fingerprint density at radius 1 is 1.60 bits per heavy atom. The molecular weight excluding hydrogens is 236 g/mol. The summed E-state index contributed by atoms with van der Waals surface area (Å²) in [6, 6.07) is 0. The number of carboxylic acid groups (broad SMARTS) is 1. The summed E-state index contributed by atoms with van der Waals surface area (Å²) in [5.41, 5.74) is 1.11. The van der Waals surface area contributed by atoms with Crippen LogP contribution in [0.2, 0.25) is 4.34 Å². The topological polar surface area (TPSA) is 46.5 Å². The van der Waals surface area contributed by atoms with E-state index in [2.05, 4.69) is 0 Å². The molecule has 1 aromatic rings. The third-order valence-electron chi connectivity index (χ3n) is 2.51. The van der Waals surface area contributed by atoms with E-state index in [1.807, 2.05) is 13.8 Å². The molecule has 2 atom stereocenters. The van der Waals surface area contributed by atoms with Gasteiger partial charge in [0.15, 0.2) is 0 Å². The molecule has 2 heterocycles. The first kappa shape index (κ1) is 10.9. The highest BCUT2D eigenvalue weighted by Crippen LogP contribution is 2.41. The lowest BCUT2D eigenvalue weighted by atomic mass is 9.99. The first-order valence-electron chi connectivity index (χ1n) is 4.70. The molecule has 3 nitrogen and oxygen atoms in total. The molecule has 0 spiro atoms. The maximum absolute atomic E-state index is 11.0. The van der Waals surface area contributed by atoms with E-state index in [9.17, 15) is 4.79 Å². The van der Waals surface area contributed by atoms with E-state index in [-0.39, 0.29) is 17.8 Å². The zero-order chi connectivity index (χ0) is 11.2. The molecule has 2 unspecified atom stereocenters. The molecule has 5 heteroatoms. The molecule has 1 aliphatic heterocycles. The van der Waals surface area contributed by atoms with Gasteiger partial charge < -0.3 is 9.84 Å². The average molecular weight is 247 g/mol. The van der Waals surface area contributed by atoms with Crippen LogP contribution < -0.4 is 0 Å². The van der Waals surface area contributed by atoms with Gasteiger partial charge in [0.25, 0.3) is 0 Å². The quantitative estimate of drug-likeness (QED) is 0.828. The van der Waals surface area contributed by atoms with Crippen LogP contribution in [0.15, 0.2) is 0 Å². The van der Waals surface area contributed by atoms with Crippen molar-refractivity contribution in [2.24, 2.45) is 0 Å². The fraction of sp³-hybridized carbons (Fsp3) is 0.500. The third kappa shape index (κ3) is 1.77. The van der Waals surface area contributed by atoms with Gasteiger partial charge >= 0.3 is 5.97 Å². The molecule has 82 valence electrons. The molecule has 2 rings (SSSR count). The summed E-state index contributed by atoms with van der Waals surface area (Å²) in [6.07, 6.45) is 0.625. The molecule has 0 aliphatic carbocycles. The van der Waals surface area contributed by atoms with Gasteiger partial charge in [-0.1, -0.05) is 11.6 Å². The summed E-state index contributed by atoms with van der Waals surface area (Å²) in [5, 5.41) is 9.06. The number of aromatic carboxylic acids is 1. The zero-order valence-corrected chi connectivity index (χ0v) is 9.98. The average Bonchev–Trinajstić information content (AvgIpc) is 2.41. The number of hydrogen-bond donors (Lipinski definition) is 1. The standard InChI is InChI=1S/C10H11ClO3S/c1-4-3-6-7(10(12)13)9(11)15-8(6)5(2)14-4/h4-5H,3H2,1-2H3,(H,12,13). The van der Waals surface area contributed by atoms with Crippen molar-refractivity contribution in [1.29, 1.82) is 0 Å². The fourth-order valence-electron chi connectivity index (χ4n) is 1.94. The summed E-state index contributed by atoms with van der Waals surface area (Å²) >= 11 is 7.24. The fourth-order valence-corrected chi connectivity index (χ4v) is 3.42. The van der Waals surface area contributed by atoms with E-state index in [4.69, 9.17) is 21.4 Å². The molecule has 0 amide bonds. The molecule has 15 heavy (non-hydrogen) atoms. The van der Waals surface area contributed by atoms with Gasteiger partial charge in [-0.15, -0.1) is 11.3 Å². The van der Waals surface area contributed by atoms with Crippen molar-refractivity contribution in [1.82, 2.24) is 0 Å². The highest BCUT2D eigenvalue weighted by Gasteiger charge is 2.30. The Hall–Kier alpha value is -0.580. The molecule has 1 N–H and O–H groups in total. The Kier molecular flexibility index (Phi) is 2.75. The number of thiophene rings is 1. The van der Waals surface area contributed by atoms with Crippen LogP contribution in [0.25, 0.3) is 0 Å². The number of carbonyl (C=O) groups is 1. The normalized spacial score (nSPS) is 25.0. The van der Waals surface area contributed by atoms with Crippen molar-refractivity contribution in [3.05, 3.63) is 20.3 Å². The van der Waals surface area contributed by atoms with Crippen LogP contribution in [-0.4, -0.2) is 17.2 Å². The maximum atomic E-state index is 11.0. The van der Waals surface area contributed by atoms with E-state index in [0.717, 1.165) is 10.4 Å². The van der Waals surface area contributed by atoms with E-state index in [1.165, 1.54) is 11.3 Å². The number of rotatable bonds is 1. The first-order chi connectivity index (χ1) is 7.00. The number of fused-ring (bicyclic) bond motifs is 1. The first-order valence-corrected chi connectivity index (χ1v) is 5.90. The van der Waals surface area contributed by atoms with Crippen molar-refractivity contribution in [3.8, 4) is 0 Å². The van der Waals surface area contributed by atoms with Crippen molar-refractivity contribution < 1.29 is 14.6 Å². The largest absolute Gasteiger partial charge is 0.478 e.